The number of ether oxygens (including phenoxy) is 1. The van der Waals surface area contributed by atoms with E-state index in [4.69, 9.17) is 22.8 Å². The van der Waals surface area contributed by atoms with E-state index in [1.54, 1.807) is 0 Å². The molecular weight excluding hydrogens is 350 g/mol. The normalized spacial score (nSPS) is 11.2. The van der Waals surface area contributed by atoms with Crippen LogP contribution in [-0.4, -0.2) is 11.2 Å². The second-order valence-electron chi connectivity index (χ2n) is 4.75. The molecule has 1 heterocycles. The van der Waals surface area contributed by atoms with E-state index < -0.39 is 23.2 Å². The SMILES string of the molecule is C#CCOc1cc(Cl)cc(F)c1-c1ccc(C(F)(F)F)n(C)c1=O. The maximum atomic E-state index is 14.3. The van der Waals surface area contributed by atoms with E-state index in [9.17, 15) is 22.4 Å². The highest BCUT2D eigenvalue weighted by Crippen LogP contribution is 2.35. The minimum absolute atomic E-state index is 0.00740. The van der Waals surface area contributed by atoms with E-state index >= 15 is 0 Å². The molecule has 0 fully saturated rings. The summed E-state index contributed by atoms with van der Waals surface area (Å²) in [5.41, 5.74) is -2.79. The van der Waals surface area contributed by atoms with Gasteiger partial charge < -0.3 is 9.30 Å². The molecule has 0 atom stereocenters. The maximum Gasteiger partial charge on any atom is 0.431 e. The van der Waals surface area contributed by atoms with Gasteiger partial charge in [0.25, 0.3) is 5.56 Å². The fourth-order valence-electron chi connectivity index (χ4n) is 2.15. The Morgan fingerprint density at radius 3 is 2.58 bits per heavy atom. The Kier molecular flexibility index (Phi) is 4.90. The van der Waals surface area contributed by atoms with Gasteiger partial charge in [-0.05, 0) is 24.3 Å². The summed E-state index contributed by atoms with van der Waals surface area (Å²) in [6, 6.07) is 3.74. The first kappa shape index (κ1) is 17.9. The van der Waals surface area contributed by atoms with Gasteiger partial charge in [0, 0.05) is 12.1 Å². The van der Waals surface area contributed by atoms with Crippen molar-refractivity contribution in [3.63, 3.8) is 0 Å². The van der Waals surface area contributed by atoms with E-state index in [0.717, 1.165) is 19.2 Å². The van der Waals surface area contributed by atoms with Gasteiger partial charge in [-0.1, -0.05) is 17.5 Å². The van der Waals surface area contributed by atoms with Crippen LogP contribution in [0.2, 0.25) is 5.02 Å². The summed E-state index contributed by atoms with van der Waals surface area (Å²) in [7, 11) is 0.949. The smallest absolute Gasteiger partial charge is 0.431 e. The van der Waals surface area contributed by atoms with Gasteiger partial charge in [0.1, 0.15) is 23.9 Å². The van der Waals surface area contributed by atoms with Crippen LogP contribution in [0.15, 0.2) is 29.1 Å². The number of halogens is 5. The average molecular weight is 360 g/mol. The van der Waals surface area contributed by atoms with Crippen LogP contribution in [0.1, 0.15) is 5.69 Å². The van der Waals surface area contributed by atoms with Gasteiger partial charge in [0.05, 0.1) is 11.1 Å². The molecule has 0 aliphatic carbocycles. The molecule has 24 heavy (non-hydrogen) atoms. The van der Waals surface area contributed by atoms with E-state index in [-0.39, 0.29) is 28.5 Å². The van der Waals surface area contributed by atoms with E-state index in [1.807, 2.05) is 0 Å². The molecule has 0 aliphatic heterocycles. The minimum Gasteiger partial charge on any atom is -0.480 e. The molecule has 0 aliphatic rings. The van der Waals surface area contributed by atoms with Crippen molar-refractivity contribution >= 4 is 11.6 Å². The molecule has 1 aromatic carbocycles. The summed E-state index contributed by atoms with van der Waals surface area (Å²) in [6.07, 6.45) is 0.356. The van der Waals surface area contributed by atoms with Crippen molar-refractivity contribution in [2.45, 2.75) is 6.18 Å². The molecule has 0 saturated carbocycles. The molecule has 0 saturated heterocycles. The Balaban J connectivity index is 2.72. The lowest BCUT2D eigenvalue weighted by Gasteiger charge is -2.15. The third-order valence-corrected chi connectivity index (χ3v) is 3.41. The quantitative estimate of drug-likeness (QED) is 0.615. The lowest BCUT2D eigenvalue weighted by atomic mass is 10.0. The standard InChI is InChI=1S/C16H10ClF4NO2/c1-3-6-24-12-8-9(17)7-11(18)14(12)10-4-5-13(16(19,20)21)22(2)15(10)23/h1,4-5,7-8H,6H2,2H3. The van der Waals surface area contributed by atoms with Crippen molar-refractivity contribution in [2.75, 3.05) is 6.61 Å². The largest absolute Gasteiger partial charge is 0.480 e. The number of nitrogens with zero attached hydrogens (tertiary/aromatic N) is 1. The molecule has 0 amide bonds. The van der Waals surface area contributed by atoms with Gasteiger partial charge in [0.15, 0.2) is 0 Å². The Morgan fingerprint density at radius 1 is 1.33 bits per heavy atom. The Labute approximate surface area is 139 Å². The number of benzene rings is 1. The summed E-state index contributed by atoms with van der Waals surface area (Å²) in [6.45, 7) is -0.228. The molecule has 0 spiro atoms. The van der Waals surface area contributed by atoms with Crippen molar-refractivity contribution in [1.82, 2.24) is 4.57 Å². The summed E-state index contributed by atoms with van der Waals surface area (Å²) < 4.78 is 58.4. The van der Waals surface area contributed by atoms with Crippen LogP contribution in [0.4, 0.5) is 17.6 Å². The predicted molar refractivity (Wildman–Crippen MR) is 81.4 cm³/mol. The van der Waals surface area contributed by atoms with Gasteiger partial charge in [-0.3, -0.25) is 4.79 Å². The number of rotatable bonds is 3. The third-order valence-electron chi connectivity index (χ3n) is 3.19. The minimum atomic E-state index is -4.71. The summed E-state index contributed by atoms with van der Waals surface area (Å²) in [5.74, 6) is 1.13. The fraction of sp³-hybridized carbons (Fsp3) is 0.188. The highest BCUT2D eigenvalue weighted by Gasteiger charge is 2.34. The van der Waals surface area contributed by atoms with E-state index in [1.165, 1.54) is 6.07 Å². The van der Waals surface area contributed by atoms with Crippen molar-refractivity contribution in [3.8, 4) is 29.2 Å². The molecule has 0 bridgehead atoms. The van der Waals surface area contributed by atoms with Crippen LogP contribution in [-0.2, 0) is 13.2 Å². The number of alkyl halides is 3. The monoisotopic (exact) mass is 359 g/mol. The van der Waals surface area contributed by atoms with Crippen LogP contribution < -0.4 is 10.3 Å². The number of pyridine rings is 1. The molecule has 0 radical (unpaired) electrons. The molecule has 0 unspecified atom stereocenters. The number of terminal acetylenes is 1. The predicted octanol–water partition coefficient (Wildman–Crippen LogP) is 3.88. The van der Waals surface area contributed by atoms with Crippen molar-refractivity contribution < 1.29 is 22.3 Å². The highest BCUT2D eigenvalue weighted by molar-refractivity contribution is 6.30. The van der Waals surface area contributed by atoms with Gasteiger partial charge in [-0.25, -0.2) is 4.39 Å². The van der Waals surface area contributed by atoms with Crippen LogP contribution in [0.5, 0.6) is 5.75 Å². The summed E-state index contributed by atoms with van der Waals surface area (Å²) in [5, 5.41) is -0.00740. The molecule has 0 N–H and O–H groups in total. The first-order chi connectivity index (χ1) is 11.2. The van der Waals surface area contributed by atoms with Crippen LogP contribution >= 0.6 is 11.6 Å². The molecule has 1 aromatic heterocycles. The van der Waals surface area contributed by atoms with Crippen LogP contribution in [0, 0.1) is 18.2 Å². The van der Waals surface area contributed by atoms with Crippen LogP contribution in [0.25, 0.3) is 11.1 Å². The summed E-state index contributed by atoms with van der Waals surface area (Å²) in [4.78, 5) is 12.3. The fourth-order valence-corrected chi connectivity index (χ4v) is 2.35. The van der Waals surface area contributed by atoms with Gasteiger partial charge in [-0.15, -0.1) is 6.42 Å². The van der Waals surface area contributed by atoms with Gasteiger partial charge in [-0.2, -0.15) is 13.2 Å². The first-order valence-electron chi connectivity index (χ1n) is 6.49. The number of hydrogen-bond acceptors (Lipinski definition) is 2. The Hall–Kier alpha value is -2.46. The maximum absolute atomic E-state index is 14.3. The van der Waals surface area contributed by atoms with E-state index in [2.05, 4.69) is 5.92 Å². The lowest BCUT2D eigenvalue weighted by Crippen LogP contribution is -2.26. The zero-order chi connectivity index (χ0) is 18.1. The van der Waals surface area contributed by atoms with Crippen molar-refractivity contribution in [2.24, 2.45) is 7.05 Å². The van der Waals surface area contributed by atoms with Crippen molar-refractivity contribution in [3.05, 3.63) is 51.2 Å². The molecule has 2 aromatic rings. The summed E-state index contributed by atoms with van der Waals surface area (Å²) >= 11 is 5.74. The van der Waals surface area contributed by atoms with Gasteiger partial charge >= 0.3 is 6.18 Å². The number of hydrogen-bond donors (Lipinski definition) is 0. The lowest BCUT2D eigenvalue weighted by molar-refractivity contribution is -0.143. The molecule has 3 nitrogen and oxygen atoms in total. The molecule has 2 rings (SSSR count). The first-order valence-corrected chi connectivity index (χ1v) is 6.87. The Bertz CT molecular complexity index is 881. The second kappa shape index (κ2) is 6.57. The molecular formula is C16H10ClF4NO2. The van der Waals surface area contributed by atoms with Crippen molar-refractivity contribution in [1.29, 1.82) is 0 Å². The molecule has 8 heteroatoms. The number of aromatic nitrogens is 1. The second-order valence-corrected chi connectivity index (χ2v) is 5.18. The Morgan fingerprint density at radius 2 is 2.00 bits per heavy atom. The van der Waals surface area contributed by atoms with E-state index in [0.29, 0.717) is 10.6 Å². The zero-order valence-corrected chi connectivity index (χ0v) is 13.0. The molecule has 126 valence electrons. The zero-order valence-electron chi connectivity index (χ0n) is 12.2. The topological polar surface area (TPSA) is 31.2 Å². The third kappa shape index (κ3) is 3.39. The van der Waals surface area contributed by atoms with Gasteiger partial charge in [0.2, 0.25) is 0 Å². The average Bonchev–Trinajstić information content (AvgIpc) is 2.47. The highest BCUT2D eigenvalue weighted by atomic mass is 35.5. The van der Waals surface area contributed by atoms with Crippen LogP contribution in [0.3, 0.4) is 0 Å².